The van der Waals surface area contributed by atoms with Gasteiger partial charge in [-0.25, -0.2) is 4.98 Å². The topological polar surface area (TPSA) is 70.7 Å². The maximum Gasteiger partial charge on any atom is 0.252 e. The van der Waals surface area contributed by atoms with Crippen molar-refractivity contribution >= 4 is 32.9 Å². The highest BCUT2D eigenvalue weighted by molar-refractivity contribution is 9.10. The number of aromatic nitrogens is 3. The van der Waals surface area contributed by atoms with Gasteiger partial charge in [-0.05, 0) is 61.9 Å². The third kappa shape index (κ3) is 2.95. The zero-order valence-electron chi connectivity index (χ0n) is 16.8. The Hall–Kier alpha value is -3.77. The van der Waals surface area contributed by atoms with Gasteiger partial charge in [0.05, 0.1) is 11.6 Å². The van der Waals surface area contributed by atoms with Crippen molar-refractivity contribution in [2.24, 2.45) is 0 Å². The van der Waals surface area contributed by atoms with E-state index in [1.807, 2.05) is 30.5 Å². The molecule has 5 nitrogen and oxygen atoms in total. The highest BCUT2D eigenvalue weighted by Crippen LogP contribution is 2.48. The molecule has 2 N–H and O–H groups in total. The van der Waals surface area contributed by atoms with E-state index in [2.05, 4.69) is 66.5 Å². The van der Waals surface area contributed by atoms with E-state index in [-0.39, 0.29) is 11.9 Å². The quantitative estimate of drug-likeness (QED) is 0.338. The van der Waals surface area contributed by atoms with E-state index in [0.29, 0.717) is 11.2 Å². The van der Waals surface area contributed by atoms with Crippen molar-refractivity contribution in [2.45, 2.75) is 6.04 Å². The van der Waals surface area contributed by atoms with Crippen LogP contribution in [0.15, 0.2) is 89.9 Å². The van der Waals surface area contributed by atoms with Crippen molar-refractivity contribution in [3.05, 3.63) is 107 Å². The Balaban J connectivity index is 1.48. The summed E-state index contributed by atoms with van der Waals surface area (Å²) in [7, 11) is 0. The van der Waals surface area contributed by atoms with Crippen LogP contribution in [0.4, 0.5) is 0 Å². The first-order valence-corrected chi connectivity index (χ1v) is 11.1. The van der Waals surface area contributed by atoms with Crippen molar-refractivity contribution in [3.8, 4) is 22.3 Å². The lowest BCUT2D eigenvalue weighted by Gasteiger charge is -2.17. The van der Waals surface area contributed by atoms with Gasteiger partial charge in [-0.2, -0.15) is 0 Å². The van der Waals surface area contributed by atoms with Gasteiger partial charge in [0, 0.05) is 40.2 Å². The molecule has 1 unspecified atom stereocenters. The Morgan fingerprint density at radius 2 is 1.81 bits per heavy atom. The number of fused-ring (bicyclic) bond motifs is 4. The molecular formula is C26H17BrN4O. The van der Waals surface area contributed by atoms with Crippen molar-refractivity contribution in [1.29, 1.82) is 0 Å². The molecule has 32 heavy (non-hydrogen) atoms. The number of hydrogen-bond donors (Lipinski definition) is 2. The molecule has 5 aromatic rings. The van der Waals surface area contributed by atoms with Crippen LogP contribution in [0.2, 0.25) is 0 Å². The fourth-order valence-corrected chi connectivity index (χ4v) is 4.94. The molecular weight excluding hydrogens is 464 g/mol. The van der Waals surface area contributed by atoms with Crippen LogP contribution in [0, 0.1) is 0 Å². The fraction of sp³-hybridized carbons (Fsp3) is 0.0385. The Morgan fingerprint density at radius 3 is 2.72 bits per heavy atom. The van der Waals surface area contributed by atoms with Crippen molar-refractivity contribution < 1.29 is 4.79 Å². The summed E-state index contributed by atoms with van der Waals surface area (Å²) in [5.41, 5.74) is 7.86. The molecule has 0 saturated carbocycles. The minimum absolute atomic E-state index is 0.126. The number of H-pyrrole nitrogens is 1. The molecule has 2 aromatic carbocycles. The number of hydrogen-bond acceptors (Lipinski definition) is 3. The lowest BCUT2D eigenvalue weighted by Crippen LogP contribution is -2.28. The summed E-state index contributed by atoms with van der Waals surface area (Å²) in [6.45, 7) is 0. The Bertz CT molecular complexity index is 1510. The minimum Gasteiger partial charge on any atom is -0.346 e. The van der Waals surface area contributed by atoms with Crippen LogP contribution in [0.5, 0.6) is 0 Å². The maximum atomic E-state index is 13.4. The number of aromatic amines is 1. The van der Waals surface area contributed by atoms with E-state index >= 15 is 0 Å². The van der Waals surface area contributed by atoms with Gasteiger partial charge >= 0.3 is 0 Å². The van der Waals surface area contributed by atoms with Crippen LogP contribution >= 0.6 is 15.9 Å². The highest BCUT2D eigenvalue weighted by Gasteiger charge is 2.32. The molecule has 6 rings (SSSR count). The van der Waals surface area contributed by atoms with Crippen LogP contribution < -0.4 is 5.32 Å². The number of rotatable bonds is 3. The summed E-state index contributed by atoms with van der Waals surface area (Å²) in [6, 6.07) is 20.0. The second kappa shape index (κ2) is 7.43. The van der Waals surface area contributed by atoms with Crippen molar-refractivity contribution in [3.63, 3.8) is 0 Å². The average Bonchev–Trinajstić information content (AvgIpc) is 3.42. The molecule has 3 aromatic heterocycles. The zero-order chi connectivity index (χ0) is 21.7. The first kappa shape index (κ1) is 19.0. The summed E-state index contributed by atoms with van der Waals surface area (Å²) in [5, 5.41) is 4.08. The van der Waals surface area contributed by atoms with Crippen LogP contribution in [-0.2, 0) is 0 Å². The molecule has 0 spiro atoms. The van der Waals surface area contributed by atoms with Gasteiger partial charge in [-0.15, -0.1) is 0 Å². The SMILES string of the molecule is O=C(NC1c2ccccc2-c2c(-c3cncc(Br)c3)cccc21)c1ccnc2[nH]ccc12. The number of nitrogens with zero attached hydrogens (tertiary/aromatic N) is 2. The van der Waals surface area contributed by atoms with Gasteiger partial charge in [-0.3, -0.25) is 9.78 Å². The van der Waals surface area contributed by atoms with Gasteiger partial charge in [0.1, 0.15) is 5.65 Å². The predicted octanol–water partition coefficient (Wildman–Crippen LogP) is 5.89. The number of carbonyl (C=O) groups is 1. The molecule has 154 valence electrons. The zero-order valence-corrected chi connectivity index (χ0v) is 18.4. The molecule has 0 saturated heterocycles. The van der Waals surface area contributed by atoms with E-state index in [0.717, 1.165) is 43.2 Å². The highest BCUT2D eigenvalue weighted by atomic mass is 79.9. The van der Waals surface area contributed by atoms with E-state index in [1.165, 1.54) is 0 Å². The minimum atomic E-state index is -0.240. The predicted molar refractivity (Wildman–Crippen MR) is 128 cm³/mol. The maximum absolute atomic E-state index is 13.4. The fourth-order valence-electron chi connectivity index (χ4n) is 4.58. The number of halogens is 1. The molecule has 1 amide bonds. The molecule has 3 heterocycles. The Labute approximate surface area is 192 Å². The van der Waals surface area contributed by atoms with Gasteiger partial charge in [0.25, 0.3) is 5.91 Å². The summed E-state index contributed by atoms with van der Waals surface area (Å²) >= 11 is 3.53. The van der Waals surface area contributed by atoms with Gasteiger partial charge in [0.2, 0.25) is 0 Å². The number of carbonyl (C=O) groups excluding carboxylic acids is 1. The second-order valence-corrected chi connectivity index (χ2v) is 8.67. The summed E-state index contributed by atoms with van der Waals surface area (Å²) in [4.78, 5) is 25.1. The van der Waals surface area contributed by atoms with Crippen molar-refractivity contribution in [1.82, 2.24) is 20.3 Å². The van der Waals surface area contributed by atoms with E-state index in [9.17, 15) is 4.79 Å². The van der Waals surface area contributed by atoms with Crippen LogP contribution in [0.3, 0.4) is 0 Å². The number of nitrogens with one attached hydrogen (secondary N) is 2. The average molecular weight is 481 g/mol. The molecule has 1 atom stereocenters. The van der Waals surface area contributed by atoms with E-state index in [4.69, 9.17) is 0 Å². The molecule has 1 aliphatic carbocycles. The van der Waals surface area contributed by atoms with Gasteiger partial charge in [0.15, 0.2) is 0 Å². The standard InChI is InChI=1S/C26H17BrN4O/c27-16-12-15(13-28-14-16)17-6-3-7-22-23(17)18-4-1-2-5-19(18)24(22)31-26(32)21-9-11-30-25-20(21)8-10-29-25/h1-14,24H,(H,29,30)(H,31,32). The smallest absolute Gasteiger partial charge is 0.252 e. The van der Waals surface area contributed by atoms with Crippen molar-refractivity contribution in [2.75, 3.05) is 0 Å². The molecule has 6 heteroatoms. The van der Waals surface area contributed by atoms with E-state index in [1.54, 1.807) is 24.7 Å². The normalized spacial score (nSPS) is 14.2. The second-order valence-electron chi connectivity index (χ2n) is 7.75. The Morgan fingerprint density at radius 1 is 0.969 bits per heavy atom. The first-order chi connectivity index (χ1) is 15.7. The third-order valence-corrected chi connectivity index (χ3v) is 6.38. The largest absolute Gasteiger partial charge is 0.346 e. The third-order valence-electron chi connectivity index (χ3n) is 5.94. The lowest BCUT2D eigenvalue weighted by molar-refractivity contribution is 0.0945. The summed E-state index contributed by atoms with van der Waals surface area (Å²) in [5.74, 6) is -0.126. The molecule has 0 fully saturated rings. The van der Waals surface area contributed by atoms with Gasteiger partial charge < -0.3 is 10.3 Å². The van der Waals surface area contributed by atoms with Crippen LogP contribution in [0.1, 0.15) is 27.5 Å². The summed E-state index contributed by atoms with van der Waals surface area (Å²) in [6.07, 6.45) is 7.10. The molecule has 0 aliphatic heterocycles. The summed E-state index contributed by atoms with van der Waals surface area (Å²) < 4.78 is 0.928. The Kier molecular flexibility index (Phi) is 4.40. The van der Waals surface area contributed by atoms with Gasteiger partial charge in [-0.1, -0.05) is 42.5 Å². The van der Waals surface area contributed by atoms with Crippen LogP contribution in [-0.4, -0.2) is 20.9 Å². The monoisotopic (exact) mass is 480 g/mol. The first-order valence-electron chi connectivity index (χ1n) is 10.3. The number of pyridine rings is 2. The molecule has 0 bridgehead atoms. The van der Waals surface area contributed by atoms with Crippen LogP contribution in [0.25, 0.3) is 33.3 Å². The number of amides is 1. The molecule has 1 aliphatic rings. The lowest BCUT2D eigenvalue weighted by atomic mass is 9.95. The van der Waals surface area contributed by atoms with E-state index < -0.39 is 0 Å². The number of benzene rings is 2. The molecule has 0 radical (unpaired) electrons.